The van der Waals surface area contributed by atoms with Crippen molar-refractivity contribution < 1.29 is 17.5 Å². The minimum Gasteiger partial charge on any atom is -0.371 e. The number of piperidine rings is 1. The van der Waals surface area contributed by atoms with E-state index in [1.807, 2.05) is 0 Å². The molecule has 1 spiro atoms. The molecule has 0 aliphatic carbocycles. The summed E-state index contributed by atoms with van der Waals surface area (Å²) in [6, 6.07) is 6.37. The summed E-state index contributed by atoms with van der Waals surface area (Å²) in [5, 5.41) is 0. The first-order valence-electron chi connectivity index (χ1n) is 8.25. The minimum atomic E-state index is -3.19. The first kappa shape index (κ1) is 16.7. The van der Waals surface area contributed by atoms with Crippen molar-refractivity contribution in [1.29, 1.82) is 0 Å². The smallest absolute Gasteiger partial charge is 0.211 e. The average Bonchev–Trinajstić information content (AvgIpc) is 3.01. The monoisotopic (exact) mass is 365 g/mol. The molecule has 1 saturated heterocycles. The van der Waals surface area contributed by atoms with Crippen molar-refractivity contribution in [1.82, 2.24) is 13.9 Å². The lowest BCUT2D eigenvalue weighted by atomic mass is 9.87. The summed E-state index contributed by atoms with van der Waals surface area (Å²) in [4.78, 5) is 4.49. The van der Waals surface area contributed by atoms with E-state index in [-0.39, 0.29) is 11.4 Å². The number of imidazole rings is 1. The van der Waals surface area contributed by atoms with Gasteiger partial charge in [0.1, 0.15) is 18.2 Å². The number of hydrogen-bond acceptors (Lipinski definition) is 4. The maximum atomic E-state index is 13.3. The highest BCUT2D eigenvalue weighted by Crippen LogP contribution is 2.39. The molecule has 6 nitrogen and oxygen atoms in total. The van der Waals surface area contributed by atoms with E-state index in [0.717, 1.165) is 17.1 Å². The predicted octanol–water partition coefficient (Wildman–Crippen LogP) is 1.97. The Kier molecular flexibility index (Phi) is 3.93. The molecule has 3 heterocycles. The molecule has 0 bridgehead atoms. The standard InChI is InChI=1S/C17H20FN3O3S/c1-25(22,23)20-8-6-17(7-9-20)12-24-11-16-19-10-15(21(16)17)13-2-4-14(18)5-3-13/h2-5,10H,6-9,11-12H2,1H3. The number of ether oxygens (including phenoxy) is 1. The first-order valence-corrected chi connectivity index (χ1v) is 10.1. The van der Waals surface area contributed by atoms with Crippen LogP contribution in [0.5, 0.6) is 0 Å². The molecule has 25 heavy (non-hydrogen) atoms. The van der Waals surface area contributed by atoms with E-state index in [9.17, 15) is 12.8 Å². The summed E-state index contributed by atoms with van der Waals surface area (Å²) < 4.78 is 46.4. The fourth-order valence-electron chi connectivity index (χ4n) is 3.84. The summed E-state index contributed by atoms with van der Waals surface area (Å²) in [7, 11) is -3.19. The van der Waals surface area contributed by atoms with Crippen molar-refractivity contribution in [2.75, 3.05) is 26.0 Å². The number of nitrogens with zero attached hydrogens (tertiary/aromatic N) is 3. The van der Waals surface area contributed by atoms with Crippen LogP contribution in [0.4, 0.5) is 4.39 Å². The molecule has 0 N–H and O–H groups in total. The number of aromatic nitrogens is 2. The van der Waals surface area contributed by atoms with E-state index in [0.29, 0.717) is 39.1 Å². The van der Waals surface area contributed by atoms with Gasteiger partial charge in [0, 0.05) is 13.1 Å². The maximum Gasteiger partial charge on any atom is 0.211 e. The molecule has 0 saturated carbocycles. The average molecular weight is 365 g/mol. The number of fused-ring (bicyclic) bond motifs is 2. The molecular weight excluding hydrogens is 345 g/mol. The van der Waals surface area contributed by atoms with Crippen molar-refractivity contribution in [2.24, 2.45) is 0 Å². The lowest BCUT2D eigenvalue weighted by Gasteiger charge is -2.45. The zero-order chi connectivity index (χ0) is 17.7. The summed E-state index contributed by atoms with van der Waals surface area (Å²) in [5.41, 5.74) is 1.51. The molecule has 0 unspecified atom stereocenters. The first-order chi connectivity index (χ1) is 11.9. The van der Waals surface area contributed by atoms with Crippen molar-refractivity contribution in [3.05, 3.63) is 42.1 Å². The summed E-state index contributed by atoms with van der Waals surface area (Å²) in [5.74, 6) is 0.556. The topological polar surface area (TPSA) is 64.4 Å². The van der Waals surface area contributed by atoms with Crippen LogP contribution in [0.25, 0.3) is 11.3 Å². The van der Waals surface area contributed by atoms with Gasteiger partial charge in [-0.2, -0.15) is 0 Å². The number of rotatable bonds is 2. The largest absolute Gasteiger partial charge is 0.371 e. The summed E-state index contributed by atoms with van der Waals surface area (Å²) in [6.07, 6.45) is 4.37. The molecule has 0 atom stereocenters. The number of benzene rings is 1. The third-order valence-electron chi connectivity index (χ3n) is 5.17. The Morgan fingerprint density at radius 2 is 1.88 bits per heavy atom. The Balaban J connectivity index is 1.73. The maximum absolute atomic E-state index is 13.3. The van der Waals surface area contributed by atoms with Gasteiger partial charge >= 0.3 is 0 Å². The van der Waals surface area contributed by atoms with E-state index in [1.165, 1.54) is 22.7 Å². The van der Waals surface area contributed by atoms with Gasteiger partial charge in [0.15, 0.2) is 0 Å². The molecule has 2 aliphatic rings. The SMILES string of the molecule is CS(=O)(=O)N1CCC2(CC1)COCc1ncc(-c3ccc(F)cc3)n12. The Morgan fingerprint density at radius 3 is 2.52 bits per heavy atom. The lowest BCUT2D eigenvalue weighted by molar-refractivity contribution is -0.0212. The molecular formula is C17H20FN3O3S. The van der Waals surface area contributed by atoms with Gasteiger partial charge in [-0.3, -0.25) is 0 Å². The Hall–Kier alpha value is -1.77. The fourth-order valence-corrected chi connectivity index (χ4v) is 4.69. The van der Waals surface area contributed by atoms with Gasteiger partial charge < -0.3 is 9.30 Å². The normalized spacial score (nSPS) is 20.6. The third-order valence-corrected chi connectivity index (χ3v) is 6.48. The van der Waals surface area contributed by atoms with E-state index in [1.54, 1.807) is 18.3 Å². The molecule has 1 aromatic carbocycles. The molecule has 0 radical (unpaired) electrons. The molecule has 2 aromatic rings. The van der Waals surface area contributed by atoms with Crippen LogP contribution in [0.2, 0.25) is 0 Å². The quantitative estimate of drug-likeness (QED) is 0.816. The van der Waals surface area contributed by atoms with Crippen LogP contribution >= 0.6 is 0 Å². The van der Waals surface area contributed by atoms with Gasteiger partial charge in [-0.05, 0) is 42.7 Å². The van der Waals surface area contributed by atoms with Crippen molar-refractivity contribution in [2.45, 2.75) is 25.0 Å². The van der Waals surface area contributed by atoms with Crippen LogP contribution in [0, 0.1) is 5.82 Å². The van der Waals surface area contributed by atoms with Crippen LogP contribution in [0.3, 0.4) is 0 Å². The highest BCUT2D eigenvalue weighted by Gasteiger charge is 2.43. The highest BCUT2D eigenvalue weighted by molar-refractivity contribution is 7.88. The molecule has 134 valence electrons. The van der Waals surface area contributed by atoms with Gasteiger partial charge in [0.2, 0.25) is 10.0 Å². The molecule has 0 amide bonds. The Bertz CT molecular complexity index is 884. The van der Waals surface area contributed by atoms with Gasteiger partial charge in [-0.1, -0.05) is 0 Å². The molecule has 2 aliphatic heterocycles. The number of hydrogen-bond donors (Lipinski definition) is 0. The van der Waals surface area contributed by atoms with Crippen LogP contribution in [-0.4, -0.2) is 48.2 Å². The second kappa shape index (κ2) is 5.89. The van der Waals surface area contributed by atoms with Gasteiger partial charge in [-0.15, -0.1) is 0 Å². The van der Waals surface area contributed by atoms with E-state index in [2.05, 4.69) is 9.55 Å². The molecule has 4 rings (SSSR count). The highest BCUT2D eigenvalue weighted by atomic mass is 32.2. The van der Waals surface area contributed by atoms with E-state index in [4.69, 9.17) is 4.74 Å². The second-order valence-electron chi connectivity index (χ2n) is 6.78. The predicted molar refractivity (Wildman–Crippen MR) is 90.9 cm³/mol. The minimum absolute atomic E-state index is 0.276. The molecule has 1 fully saturated rings. The number of sulfonamides is 1. The van der Waals surface area contributed by atoms with Crippen LogP contribution in [0.15, 0.2) is 30.5 Å². The van der Waals surface area contributed by atoms with E-state index < -0.39 is 10.0 Å². The van der Waals surface area contributed by atoms with Crippen molar-refractivity contribution >= 4 is 10.0 Å². The summed E-state index contributed by atoms with van der Waals surface area (Å²) >= 11 is 0. The zero-order valence-corrected chi connectivity index (χ0v) is 14.8. The van der Waals surface area contributed by atoms with Gasteiger partial charge in [-0.25, -0.2) is 22.1 Å². The van der Waals surface area contributed by atoms with Crippen molar-refractivity contribution in [3.63, 3.8) is 0 Å². The van der Waals surface area contributed by atoms with Crippen LogP contribution in [-0.2, 0) is 26.9 Å². The van der Waals surface area contributed by atoms with Crippen LogP contribution < -0.4 is 0 Å². The van der Waals surface area contributed by atoms with Gasteiger partial charge in [0.05, 0.1) is 30.3 Å². The summed E-state index contributed by atoms with van der Waals surface area (Å²) in [6.45, 7) is 1.88. The molecule has 1 aromatic heterocycles. The Labute approximate surface area is 146 Å². The van der Waals surface area contributed by atoms with Crippen LogP contribution in [0.1, 0.15) is 18.7 Å². The molecule has 8 heteroatoms. The third kappa shape index (κ3) is 2.88. The Morgan fingerprint density at radius 1 is 1.20 bits per heavy atom. The second-order valence-corrected chi connectivity index (χ2v) is 8.76. The fraction of sp³-hybridized carbons (Fsp3) is 0.471. The van der Waals surface area contributed by atoms with Gasteiger partial charge in [0.25, 0.3) is 0 Å². The van der Waals surface area contributed by atoms with Crippen molar-refractivity contribution in [3.8, 4) is 11.3 Å². The van der Waals surface area contributed by atoms with E-state index >= 15 is 0 Å². The lowest BCUT2D eigenvalue weighted by Crippen LogP contribution is -2.52. The number of halogens is 1. The zero-order valence-electron chi connectivity index (χ0n) is 14.0.